The molecule has 0 saturated heterocycles. The lowest BCUT2D eigenvalue weighted by atomic mass is 10.2. The van der Waals surface area contributed by atoms with Crippen molar-refractivity contribution in [3.05, 3.63) is 66.1 Å². The number of carbonyl (C=O) groups is 1. The van der Waals surface area contributed by atoms with Crippen molar-refractivity contribution in [3.8, 4) is 0 Å². The van der Waals surface area contributed by atoms with Gasteiger partial charge in [0.15, 0.2) is 11.5 Å². The highest BCUT2D eigenvalue weighted by molar-refractivity contribution is 7.98. The number of pyridine rings is 1. The van der Waals surface area contributed by atoms with Crippen molar-refractivity contribution in [1.82, 2.24) is 25.2 Å². The van der Waals surface area contributed by atoms with E-state index >= 15 is 0 Å². The van der Waals surface area contributed by atoms with E-state index < -0.39 is 0 Å². The van der Waals surface area contributed by atoms with E-state index in [1.807, 2.05) is 59.1 Å². The Labute approximate surface area is 151 Å². The summed E-state index contributed by atoms with van der Waals surface area (Å²) in [5.74, 6) is 1.67. The minimum absolute atomic E-state index is 0.194. The van der Waals surface area contributed by atoms with E-state index in [1.54, 1.807) is 11.8 Å². The summed E-state index contributed by atoms with van der Waals surface area (Å²) in [5, 5.41) is 14.4. The Morgan fingerprint density at radius 1 is 1.16 bits per heavy atom. The van der Waals surface area contributed by atoms with Crippen molar-refractivity contribution < 1.29 is 4.79 Å². The van der Waals surface area contributed by atoms with Crippen LogP contribution >= 0.6 is 11.8 Å². The summed E-state index contributed by atoms with van der Waals surface area (Å²) >= 11 is 1.74. The normalized spacial score (nSPS) is 12.0. The quantitative estimate of drug-likeness (QED) is 0.683. The molecule has 25 heavy (non-hydrogen) atoms. The van der Waals surface area contributed by atoms with Crippen molar-refractivity contribution >= 4 is 23.4 Å². The smallest absolute Gasteiger partial charge is 0.315 e. The number of urea groups is 1. The van der Waals surface area contributed by atoms with Crippen LogP contribution in [0.2, 0.25) is 0 Å². The first-order valence-corrected chi connectivity index (χ1v) is 9.54. The third-order valence-corrected chi connectivity index (χ3v) is 4.51. The van der Waals surface area contributed by atoms with Gasteiger partial charge in [-0.05, 0) is 36.1 Å². The van der Waals surface area contributed by atoms with Crippen LogP contribution in [0.4, 0.5) is 4.79 Å². The maximum absolute atomic E-state index is 12.3. The van der Waals surface area contributed by atoms with Gasteiger partial charge in [0.1, 0.15) is 0 Å². The Kier molecular flexibility index (Phi) is 5.90. The highest BCUT2D eigenvalue weighted by Crippen LogP contribution is 2.18. The maximum atomic E-state index is 12.3. The minimum Gasteiger partial charge on any atom is -0.334 e. The molecule has 0 bridgehead atoms. The fourth-order valence-corrected chi connectivity index (χ4v) is 3.06. The molecule has 130 valence electrons. The number of nitrogens with zero attached hydrogens (tertiary/aromatic N) is 3. The molecule has 1 atom stereocenters. The van der Waals surface area contributed by atoms with Gasteiger partial charge < -0.3 is 10.6 Å². The van der Waals surface area contributed by atoms with Gasteiger partial charge in [-0.3, -0.25) is 4.40 Å². The molecule has 0 aliphatic rings. The lowest BCUT2D eigenvalue weighted by molar-refractivity contribution is 0.235. The summed E-state index contributed by atoms with van der Waals surface area (Å²) < 4.78 is 1.92. The van der Waals surface area contributed by atoms with Gasteiger partial charge in [0.25, 0.3) is 0 Å². The van der Waals surface area contributed by atoms with Crippen LogP contribution in [0.5, 0.6) is 0 Å². The second-order valence-corrected chi connectivity index (χ2v) is 6.62. The first-order chi connectivity index (χ1) is 12.3. The standard InChI is InChI=1S/C18H21N5OS/c1-25-12-10-15(17-22-21-16-9-5-6-11-23(16)17)20-18(24)19-13-14-7-3-2-4-8-14/h2-9,11,15H,10,12-13H2,1H3,(H2,19,20,24)/t15-/m0/s1. The summed E-state index contributed by atoms with van der Waals surface area (Å²) in [5.41, 5.74) is 1.84. The summed E-state index contributed by atoms with van der Waals surface area (Å²) in [6.07, 6.45) is 4.75. The van der Waals surface area contributed by atoms with E-state index in [1.165, 1.54) is 0 Å². The highest BCUT2D eigenvalue weighted by atomic mass is 32.2. The molecule has 2 aromatic heterocycles. The van der Waals surface area contributed by atoms with Crippen LogP contribution in [-0.4, -0.2) is 32.6 Å². The molecule has 7 heteroatoms. The van der Waals surface area contributed by atoms with E-state index in [4.69, 9.17) is 0 Å². The zero-order chi connectivity index (χ0) is 17.5. The van der Waals surface area contributed by atoms with Gasteiger partial charge in [0, 0.05) is 12.7 Å². The molecule has 0 radical (unpaired) electrons. The zero-order valence-corrected chi connectivity index (χ0v) is 14.9. The van der Waals surface area contributed by atoms with Gasteiger partial charge in [-0.25, -0.2) is 4.79 Å². The molecule has 6 nitrogen and oxygen atoms in total. The Balaban J connectivity index is 1.69. The SMILES string of the molecule is CSCC[C@H](NC(=O)NCc1ccccc1)c1nnc2ccccn12. The van der Waals surface area contributed by atoms with Gasteiger partial charge in [0.2, 0.25) is 0 Å². The summed E-state index contributed by atoms with van der Waals surface area (Å²) in [6, 6.07) is 15.2. The third-order valence-electron chi connectivity index (χ3n) is 3.86. The average Bonchev–Trinajstić information content (AvgIpc) is 3.08. The highest BCUT2D eigenvalue weighted by Gasteiger charge is 2.19. The predicted molar refractivity (Wildman–Crippen MR) is 101 cm³/mol. The van der Waals surface area contributed by atoms with Gasteiger partial charge in [-0.1, -0.05) is 36.4 Å². The van der Waals surface area contributed by atoms with Crippen LogP contribution in [0.3, 0.4) is 0 Å². The number of benzene rings is 1. The largest absolute Gasteiger partial charge is 0.334 e. The lowest BCUT2D eigenvalue weighted by Gasteiger charge is -2.17. The number of nitrogens with one attached hydrogen (secondary N) is 2. The summed E-state index contributed by atoms with van der Waals surface area (Å²) in [4.78, 5) is 12.3. The molecule has 2 N–H and O–H groups in total. The van der Waals surface area contributed by atoms with Crippen LogP contribution in [0.15, 0.2) is 54.7 Å². The van der Waals surface area contributed by atoms with Crippen molar-refractivity contribution in [2.45, 2.75) is 19.0 Å². The first kappa shape index (κ1) is 17.3. The van der Waals surface area contributed by atoms with Crippen molar-refractivity contribution in [1.29, 1.82) is 0 Å². The van der Waals surface area contributed by atoms with Crippen LogP contribution in [0.25, 0.3) is 5.65 Å². The zero-order valence-electron chi connectivity index (χ0n) is 14.1. The molecule has 0 aliphatic carbocycles. The van der Waals surface area contributed by atoms with Crippen molar-refractivity contribution in [2.75, 3.05) is 12.0 Å². The third kappa shape index (κ3) is 4.51. The van der Waals surface area contributed by atoms with Crippen molar-refractivity contribution in [2.24, 2.45) is 0 Å². The summed E-state index contributed by atoms with van der Waals surface area (Å²) in [7, 11) is 0. The molecular formula is C18H21N5OS. The second-order valence-electron chi connectivity index (χ2n) is 5.63. The van der Waals surface area contributed by atoms with Gasteiger partial charge in [0.05, 0.1) is 6.04 Å². The van der Waals surface area contributed by atoms with Crippen LogP contribution in [0, 0.1) is 0 Å². The molecule has 0 fully saturated rings. The molecule has 0 spiro atoms. The Morgan fingerprint density at radius 3 is 2.76 bits per heavy atom. The minimum atomic E-state index is -0.206. The molecule has 0 saturated carbocycles. The number of rotatable bonds is 7. The van der Waals surface area contributed by atoms with Gasteiger partial charge in [-0.2, -0.15) is 11.8 Å². The van der Waals surface area contributed by atoms with Crippen LogP contribution in [0.1, 0.15) is 23.9 Å². The van der Waals surface area contributed by atoms with Crippen LogP contribution < -0.4 is 10.6 Å². The number of hydrogen-bond acceptors (Lipinski definition) is 4. The molecular weight excluding hydrogens is 334 g/mol. The number of amides is 2. The predicted octanol–water partition coefficient (Wildman–Crippen LogP) is 3.02. The number of thioether (sulfide) groups is 1. The van der Waals surface area contributed by atoms with E-state index in [-0.39, 0.29) is 12.1 Å². The topological polar surface area (TPSA) is 71.3 Å². The number of fused-ring (bicyclic) bond motifs is 1. The number of carbonyl (C=O) groups excluding carboxylic acids is 1. The average molecular weight is 355 g/mol. The Bertz CT molecular complexity index is 820. The Hall–Kier alpha value is -2.54. The first-order valence-electron chi connectivity index (χ1n) is 8.15. The van der Waals surface area contributed by atoms with Gasteiger partial charge in [-0.15, -0.1) is 10.2 Å². The lowest BCUT2D eigenvalue weighted by Crippen LogP contribution is -2.38. The molecule has 1 aromatic carbocycles. The molecule has 0 unspecified atom stereocenters. The van der Waals surface area contributed by atoms with E-state index in [0.29, 0.717) is 6.54 Å². The molecule has 2 amide bonds. The second kappa shape index (κ2) is 8.53. The Morgan fingerprint density at radius 2 is 1.96 bits per heavy atom. The van der Waals surface area contributed by atoms with E-state index in [0.717, 1.165) is 29.2 Å². The van der Waals surface area contributed by atoms with E-state index in [2.05, 4.69) is 27.1 Å². The van der Waals surface area contributed by atoms with Gasteiger partial charge >= 0.3 is 6.03 Å². The fourth-order valence-electron chi connectivity index (χ4n) is 2.59. The fraction of sp³-hybridized carbons (Fsp3) is 0.278. The van der Waals surface area contributed by atoms with Crippen molar-refractivity contribution in [3.63, 3.8) is 0 Å². The molecule has 3 rings (SSSR count). The molecule has 0 aliphatic heterocycles. The number of hydrogen-bond donors (Lipinski definition) is 2. The molecule has 2 heterocycles. The monoisotopic (exact) mass is 355 g/mol. The van der Waals surface area contributed by atoms with Crippen LogP contribution in [-0.2, 0) is 6.54 Å². The summed E-state index contributed by atoms with van der Waals surface area (Å²) in [6.45, 7) is 0.489. The van der Waals surface area contributed by atoms with E-state index in [9.17, 15) is 4.79 Å². The maximum Gasteiger partial charge on any atom is 0.315 e. The number of aromatic nitrogens is 3. The molecule has 3 aromatic rings.